The fourth-order valence-corrected chi connectivity index (χ4v) is 2.53. The van der Waals surface area contributed by atoms with E-state index in [1.54, 1.807) is 0 Å². The van der Waals surface area contributed by atoms with Crippen LogP contribution in [-0.4, -0.2) is 11.1 Å². The summed E-state index contributed by atoms with van der Waals surface area (Å²) in [7, 11) is 0. The van der Waals surface area contributed by atoms with Crippen LogP contribution in [0, 0.1) is 0 Å². The number of ketones is 1. The zero-order valence-electron chi connectivity index (χ0n) is 12.0. The van der Waals surface area contributed by atoms with E-state index in [4.69, 9.17) is 0 Å². The summed E-state index contributed by atoms with van der Waals surface area (Å²) in [5.74, 6) is 0.287. The summed E-state index contributed by atoms with van der Waals surface area (Å²) in [6, 6.07) is 8.21. The third-order valence-corrected chi connectivity index (χ3v) is 3.94. The first-order valence-corrected chi connectivity index (χ1v) is 8.58. The number of carbonyl (C=O) groups excluding carboxylic acids is 1. The van der Waals surface area contributed by atoms with Crippen LogP contribution in [0.5, 0.6) is 0 Å². The highest BCUT2D eigenvalue weighted by Crippen LogP contribution is 2.12. The molecule has 1 aromatic rings. The Balaban J connectivity index is 2.35. The van der Waals surface area contributed by atoms with Crippen LogP contribution in [0.15, 0.2) is 24.3 Å². The lowest BCUT2D eigenvalue weighted by Gasteiger charge is -2.04. The maximum Gasteiger partial charge on any atom is 0.162 e. The molecule has 1 nitrogen and oxygen atoms in total. The van der Waals surface area contributed by atoms with Gasteiger partial charge in [-0.3, -0.25) is 4.79 Å². The highest BCUT2D eigenvalue weighted by atomic mass is 79.9. The Morgan fingerprint density at radius 3 is 2.37 bits per heavy atom. The van der Waals surface area contributed by atoms with Gasteiger partial charge in [-0.05, 0) is 31.2 Å². The second-order valence-corrected chi connectivity index (χ2v) is 5.87. The SMILES string of the molecule is CCCCCc1ccc(C(=O)CCCCCBr)cc1. The zero-order chi connectivity index (χ0) is 13.9. The monoisotopic (exact) mass is 324 g/mol. The van der Waals surface area contributed by atoms with Gasteiger partial charge in [-0.2, -0.15) is 0 Å². The number of hydrogen-bond donors (Lipinski definition) is 0. The number of benzene rings is 1. The first-order chi connectivity index (χ1) is 9.27. The van der Waals surface area contributed by atoms with Crippen LogP contribution < -0.4 is 0 Å². The van der Waals surface area contributed by atoms with Crippen molar-refractivity contribution in [3.8, 4) is 0 Å². The van der Waals surface area contributed by atoms with E-state index in [1.807, 2.05) is 12.1 Å². The molecular formula is C17H25BrO. The molecule has 0 saturated carbocycles. The van der Waals surface area contributed by atoms with Crippen LogP contribution >= 0.6 is 15.9 Å². The van der Waals surface area contributed by atoms with Gasteiger partial charge >= 0.3 is 0 Å². The van der Waals surface area contributed by atoms with Gasteiger partial charge < -0.3 is 0 Å². The van der Waals surface area contributed by atoms with Crippen molar-refractivity contribution in [3.63, 3.8) is 0 Å². The number of halogens is 1. The quantitative estimate of drug-likeness (QED) is 0.313. The molecule has 0 N–H and O–H groups in total. The molecule has 106 valence electrons. The van der Waals surface area contributed by atoms with Crippen molar-refractivity contribution >= 4 is 21.7 Å². The molecule has 0 fully saturated rings. The minimum absolute atomic E-state index is 0.287. The van der Waals surface area contributed by atoms with Crippen molar-refractivity contribution in [2.45, 2.75) is 58.3 Å². The third kappa shape index (κ3) is 6.91. The summed E-state index contributed by atoms with van der Waals surface area (Å²) in [6.45, 7) is 2.22. The number of aryl methyl sites for hydroxylation is 1. The molecule has 0 aliphatic rings. The number of alkyl halides is 1. The normalized spacial score (nSPS) is 10.6. The lowest BCUT2D eigenvalue weighted by Crippen LogP contribution is -1.99. The van der Waals surface area contributed by atoms with Crippen molar-refractivity contribution in [1.82, 2.24) is 0 Å². The van der Waals surface area contributed by atoms with Crippen LogP contribution in [-0.2, 0) is 6.42 Å². The third-order valence-electron chi connectivity index (χ3n) is 3.38. The van der Waals surface area contributed by atoms with Gasteiger partial charge in [-0.1, -0.05) is 66.4 Å². The van der Waals surface area contributed by atoms with Gasteiger partial charge in [0, 0.05) is 17.3 Å². The number of rotatable bonds is 10. The Kier molecular flexibility index (Phi) is 8.81. The van der Waals surface area contributed by atoms with E-state index >= 15 is 0 Å². The standard InChI is InChI=1S/C17H25BrO/c1-2-3-5-8-15-10-12-16(13-11-15)17(19)9-6-4-7-14-18/h10-13H,2-9,14H2,1H3. The molecule has 0 aromatic heterocycles. The molecule has 0 aliphatic carbocycles. The summed E-state index contributed by atoms with van der Waals surface area (Å²) in [5, 5.41) is 1.04. The predicted octanol–water partition coefficient (Wildman–Crippen LogP) is 5.56. The fourth-order valence-electron chi connectivity index (χ4n) is 2.14. The van der Waals surface area contributed by atoms with E-state index in [1.165, 1.54) is 24.8 Å². The summed E-state index contributed by atoms with van der Waals surface area (Å²) in [4.78, 5) is 12.0. The van der Waals surface area contributed by atoms with Gasteiger partial charge in [0.2, 0.25) is 0 Å². The maximum atomic E-state index is 12.0. The number of carbonyl (C=O) groups is 1. The van der Waals surface area contributed by atoms with Gasteiger partial charge in [0.15, 0.2) is 5.78 Å². The van der Waals surface area contributed by atoms with Crippen LogP contribution in [0.3, 0.4) is 0 Å². The summed E-state index contributed by atoms with van der Waals surface area (Å²) < 4.78 is 0. The molecule has 0 spiro atoms. The van der Waals surface area contributed by atoms with E-state index in [0.717, 1.165) is 36.6 Å². The summed E-state index contributed by atoms with van der Waals surface area (Å²) in [6.07, 6.45) is 8.89. The molecule has 0 atom stereocenters. The number of hydrogen-bond acceptors (Lipinski definition) is 1. The molecule has 0 saturated heterocycles. The minimum Gasteiger partial charge on any atom is -0.294 e. The van der Waals surface area contributed by atoms with Gasteiger partial charge in [-0.15, -0.1) is 0 Å². The molecule has 0 aliphatic heterocycles. The van der Waals surface area contributed by atoms with Crippen LogP contribution in [0.2, 0.25) is 0 Å². The van der Waals surface area contributed by atoms with Crippen molar-refractivity contribution in [1.29, 1.82) is 0 Å². The molecule has 0 radical (unpaired) electrons. The largest absolute Gasteiger partial charge is 0.294 e. The molecule has 0 bridgehead atoms. The Hall–Kier alpha value is -0.630. The lowest BCUT2D eigenvalue weighted by molar-refractivity contribution is 0.0979. The molecule has 2 heteroatoms. The fraction of sp³-hybridized carbons (Fsp3) is 0.588. The molecule has 0 heterocycles. The highest BCUT2D eigenvalue weighted by Gasteiger charge is 2.05. The predicted molar refractivity (Wildman–Crippen MR) is 86.3 cm³/mol. The topological polar surface area (TPSA) is 17.1 Å². The smallest absolute Gasteiger partial charge is 0.162 e. The first kappa shape index (κ1) is 16.4. The number of unbranched alkanes of at least 4 members (excludes halogenated alkanes) is 4. The van der Waals surface area contributed by atoms with E-state index in [2.05, 4.69) is 35.0 Å². The van der Waals surface area contributed by atoms with Gasteiger partial charge in [0.1, 0.15) is 0 Å². The zero-order valence-corrected chi connectivity index (χ0v) is 13.5. The average molecular weight is 325 g/mol. The second-order valence-electron chi connectivity index (χ2n) is 5.08. The highest BCUT2D eigenvalue weighted by molar-refractivity contribution is 9.09. The Morgan fingerprint density at radius 1 is 1.00 bits per heavy atom. The molecular weight excluding hydrogens is 300 g/mol. The molecule has 1 aromatic carbocycles. The second kappa shape index (κ2) is 10.2. The molecule has 0 unspecified atom stereocenters. The van der Waals surface area contributed by atoms with E-state index in [-0.39, 0.29) is 5.78 Å². The Morgan fingerprint density at radius 2 is 1.74 bits per heavy atom. The van der Waals surface area contributed by atoms with Crippen molar-refractivity contribution < 1.29 is 4.79 Å². The summed E-state index contributed by atoms with van der Waals surface area (Å²) in [5.41, 5.74) is 2.22. The van der Waals surface area contributed by atoms with E-state index in [0.29, 0.717) is 6.42 Å². The van der Waals surface area contributed by atoms with Crippen LogP contribution in [0.1, 0.15) is 67.8 Å². The van der Waals surface area contributed by atoms with Gasteiger partial charge in [-0.25, -0.2) is 0 Å². The lowest BCUT2D eigenvalue weighted by atomic mass is 10.0. The van der Waals surface area contributed by atoms with Gasteiger partial charge in [0.05, 0.1) is 0 Å². The Labute approximate surface area is 125 Å². The van der Waals surface area contributed by atoms with Crippen LogP contribution in [0.4, 0.5) is 0 Å². The average Bonchev–Trinajstić information content (AvgIpc) is 2.44. The minimum atomic E-state index is 0.287. The van der Waals surface area contributed by atoms with Crippen molar-refractivity contribution in [2.24, 2.45) is 0 Å². The van der Waals surface area contributed by atoms with Crippen molar-refractivity contribution in [2.75, 3.05) is 5.33 Å². The Bertz CT molecular complexity index is 356. The van der Waals surface area contributed by atoms with E-state index in [9.17, 15) is 4.79 Å². The molecule has 0 amide bonds. The van der Waals surface area contributed by atoms with E-state index < -0.39 is 0 Å². The van der Waals surface area contributed by atoms with Crippen molar-refractivity contribution in [3.05, 3.63) is 35.4 Å². The maximum absolute atomic E-state index is 12.0. The van der Waals surface area contributed by atoms with Crippen LogP contribution in [0.25, 0.3) is 0 Å². The van der Waals surface area contributed by atoms with Gasteiger partial charge in [0.25, 0.3) is 0 Å². The summed E-state index contributed by atoms with van der Waals surface area (Å²) >= 11 is 3.41. The first-order valence-electron chi connectivity index (χ1n) is 7.46. The molecule has 19 heavy (non-hydrogen) atoms. The number of Topliss-reactive ketones (excluding diaryl/α,β-unsaturated/α-hetero) is 1. The molecule has 1 rings (SSSR count).